The molecule has 0 amide bonds. The Morgan fingerprint density at radius 1 is 1.12 bits per heavy atom. The van der Waals surface area contributed by atoms with Crippen LogP contribution in [-0.4, -0.2) is 10.1 Å². The molecule has 2 aromatic rings. The Hall–Kier alpha value is -1.74. The van der Waals surface area contributed by atoms with Gasteiger partial charge in [-0.25, -0.2) is 4.39 Å². The highest BCUT2D eigenvalue weighted by Crippen LogP contribution is 2.12. The van der Waals surface area contributed by atoms with Crippen LogP contribution in [-0.2, 0) is 19.4 Å². The summed E-state index contributed by atoms with van der Waals surface area (Å²) in [5, 5.41) is 8.98. The van der Waals surface area contributed by atoms with E-state index < -0.39 is 0 Å². The van der Waals surface area contributed by atoms with Crippen LogP contribution in [0.5, 0.6) is 0 Å². The molecule has 3 heteroatoms. The van der Waals surface area contributed by atoms with Gasteiger partial charge in [-0.1, -0.05) is 18.2 Å². The van der Waals surface area contributed by atoms with Gasteiger partial charge in [-0.3, -0.25) is 4.98 Å². The maximum absolute atomic E-state index is 13.2. The second-order valence-corrected chi connectivity index (χ2v) is 3.95. The molecule has 0 bridgehead atoms. The highest BCUT2D eigenvalue weighted by molar-refractivity contribution is 5.25. The molecule has 0 unspecified atom stereocenters. The number of aromatic nitrogens is 1. The third-order valence-corrected chi connectivity index (χ3v) is 2.71. The lowest BCUT2D eigenvalue weighted by molar-refractivity contribution is 0.275. The number of benzene rings is 1. The minimum absolute atomic E-state index is 0.257. The molecule has 0 fully saturated rings. The van der Waals surface area contributed by atoms with Crippen LogP contribution in [0.2, 0.25) is 0 Å². The Kier molecular flexibility index (Phi) is 3.83. The van der Waals surface area contributed by atoms with E-state index in [0.717, 1.165) is 24.0 Å². The molecular weight excluding hydrogens is 217 g/mol. The molecule has 1 heterocycles. The van der Waals surface area contributed by atoms with Crippen LogP contribution in [0.1, 0.15) is 16.7 Å². The molecule has 0 aliphatic rings. The van der Waals surface area contributed by atoms with Gasteiger partial charge in [0.05, 0.1) is 6.61 Å². The molecule has 2 nitrogen and oxygen atoms in total. The Labute approximate surface area is 99.8 Å². The number of rotatable bonds is 4. The SMILES string of the molecule is OCc1cc(CCc2cccnc2)ccc1F. The number of halogens is 1. The van der Waals surface area contributed by atoms with Crippen LogP contribution in [0, 0.1) is 5.82 Å². The number of pyridine rings is 1. The van der Waals surface area contributed by atoms with E-state index in [2.05, 4.69) is 4.98 Å². The van der Waals surface area contributed by atoms with Crippen LogP contribution >= 0.6 is 0 Å². The van der Waals surface area contributed by atoms with E-state index >= 15 is 0 Å². The predicted molar refractivity (Wildman–Crippen MR) is 64.0 cm³/mol. The third-order valence-electron chi connectivity index (χ3n) is 2.71. The van der Waals surface area contributed by atoms with Gasteiger partial charge in [0.1, 0.15) is 5.82 Å². The summed E-state index contributed by atoms with van der Waals surface area (Å²) in [6, 6.07) is 8.79. The first-order valence-corrected chi connectivity index (χ1v) is 5.56. The molecule has 0 saturated carbocycles. The second-order valence-electron chi connectivity index (χ2n) is 3.95. The van der Waals surface area contributed by atoms with Gasteiger partial charge in [-0.15, -0.1) is 0 Å². The van der Waals surface area contributed by atoms with E-state index in [1.165, 1.54) is 6.07 Å². The maximum atomic E-state index is 13.2. The second kappa shape index (κ2) is 5.55. The van der Waals surface area contributed by atoms with Gasteiger partial charge in [0.25, 0.3) is 0 Å². The molecule has 1 N–H and O–H groups in total. The quantitative estimate of drug-likeness (QED) is 0.877. The Balaban J connectivity index is 2.04. The molecule has 0 aliphatic carbocycles. The van der Waals surface area contributed by atoms with Crippen molar-refractivity contribution in [2.75, 3.05) is 0 Å². The number of aliphatic hydroxyl groups is 1. The lowest BCUT2D eigenvalue weighted by Crippen LogP contribution is -1.96. The fraction of sp³-hybridized carbons (Fsp3) is 0.214. The number of aryl methyl sites for hydroxylation is 2. The summed E-state index contributed by atoms with van der Waals surface area (Å²) in [5.74, 6) is -0.349. The molecule has 88 valence electrons. The van der Waals surface area contributed by atoms with Crippen LogP contribution in [0.25, 0.3) is 0 Å². The topological polar surface area (TPSA) is 33.1 Å². The largest absolute Gasteiger partial charge is 0.392 e. The van der Waals surface area contributed by atoms with Crippen molar-refractivity contribution < 1.29 is 9.50 Å². The van der Waals surface area contributed by atoms with E-state index in [9.17, 15) is 4.39 Å². The Morgan fingerprint density at radius 3 is 2.65 bits per heavy atom. The monoisotopic (exact) mass is 231 g/mol. The molecule has 0 spiro atoms. The number of hydrogen-bond acceptors (Lipinski definition) is 2. The van der Waals surface area contributed by atoms with Gasteiger partial charge in [0.2, 0.25) is 0 Å². The fourth-order valence-electron chi connectivity index (χ4n) is 1.74. The molecule has 1 aromatic carbocycles. The van der Waals surface area contributed by atoms with Crippen molar-refractivity contribution in [2.24, 2.45) is 0 Å². The molecular formula is C14H14FNO. The standard InChI is InChI=1S/C14H14FNO/c15-14-6-5-11(8-13(14)10-17)3-4-12-2-1-7-16-9-12/h1-2,5-9,17H,3-4,10H2. The van der Waals surface area contributed by atoms with Gasteiger partial charge in [0, 0.05) is 18.0 Å². The number of nitrogens with zero attached hydrogens (tertiary/aromatic N) is 1. The van der Waals surface area contributed by atoms with Gasteiger partial charge in [0.15, 0.2) is 0 Å². The zero-order chi connectivity index (χ0) is 12.1. The fourth-order valence-corrected chi connectivity index (χ4v) is 1.74. The summed E-state index contributed by atoms with van der Waals surface area (Å²) in [6.45, 7) is -0.257. The lowest BCUT2D eigenvalue weighted by atomic mass is 10.0. The van der Waals surface area contributed by atoms with Crippen molar-refractivity contribution in [2.45, 2.75) is 19.4 Å². The average Bonchev–Trinajstić information content (AvgIpc) is 2.39. The predicted octanol–water partition coefficient (Wildman–Crippen LogP) is 2.50. The first-order valence-electron chi connectivity index (χ1n) is 5.56. The van der Waals surface area contributed by atoms with Crippen molar-refractivity contribution in [3.05, 3.63) is 65.2 Å². The molecule has 2 rings (SSSR count). The average molecular weight is 231 g/mol. The maximum Gasteiger partial charge on any atom is 0.128 e. The summed E-state index contributed by atoms with van der Waals surface area (Å²) in [6.07, 6.45) is 5.26. The van der Waals surface area contributed by atoms with E-state index in [4.69, 9.17) is 5.11 Å². The number of hydrogen-bond donors (Lipinski definition) is 1. The van der Waals surface area contributed by atoms with Crippen molar-refractivity contribution in [1.82, 2.24) is 4.98 Å². The molecule has 0 atom stereocenters. The van der Waals surface area contributed by atoms with Gasteiger partial charge in [-0.05, 0) is 36.1 Å². The normalized spacial score (nSPS) is 10.5. The van der Waals surface area contributed by atoms with E-state index in [1.807, 2.05) is 18.3 Å². The summed E-state index contributed by atoms with van der Waals surface area (Å²) < 4.78 is 13.2. The minimum Gasteiger partial charge on any atom is -0.392 e. The minimum atomic E-state index is -0.349. The van der Waals surface area contributed by atoms with Gasteiger partial charge in [-0.2, -0.15) is 0 Å². The van der Waals surface area contributed by atoms with Crippen molar-refractivity contribution >= 4 is 0 Å². The van der Waals surface area contributed by atoms with Crippen LogP contribution in [0.3, 0.4) is 0 Å². The lowest BCUT2D eigenvalue weighted by Gasteiger charge is -2.05. The molecule has 0 aliphatic heterocycles. The molecule has 1 aromatic heterocycles. The Morgan fingerprint density at radius 2 is 1.94 bits per heavy atom. The van der Waals surface area contributed by atoms with E-state index in [0.29, 0.717) is 5.56 Å². The highest BCUT2D eigenvalue weighted by atomic mass is 19.1. The summed E-state index contributed by atoms with van der Waals surface area (Å²) >= 11 is 0. The first kappa shape index (κ1) is 11.7. The van der Waals surface area contributed by atoms with Gasteiger partial charge >= 0.3 is 0 Å². The van der Waals surface area contributed by atoms with E-state index in [1.54, 1.807) is 18.3 Å². The van der Waals surface area contributed by atoms with Crippen LogP contribution in [0.15, 0.2) is 42.7 Å². The highest BCUT2D eigenvalue weighted by Gasteiger charge is 2.02. The molecule has 0 saturated heterocycles. The van der Waals surface area contributed by atoms with E-state index in [-0.39, 0.29) is 12.4 Å². The van der Waals surface area contributed by atoms with Crippen molar-refractivity contribution in [3.63, 3.8) is 0 Å². The summed E-state index contributed by atoms with van der Waals surface area (Å²) in [7, 11) is 0. The summed E-state index contributed by atoms with van der Waals surface area (Å²) in [4.78, 5) is 4.04. The molecule has 17 heavy (non-hydrogen) atoms. The van der Waals surface area contributed by atoms with Crippen molar-refractivity contribution in [3.8, 4) is 0 Å². The first-order chi connectivity index (χ1) is 8.29. The van der Waals surface area contributed by atoms with Gasteiger partial charge < -0.3 is 5.11 Å². The smallest absolute Gasteiger partial charge is 0.128 e. The zero-order valence-electron chi connectivity index (χ0n) is 9.44. The Bertz CT molecular complexity index is 485. The van der Waals surface area contributed by atoms with Crippen LogP contribution in [0.4, 0.5) is 4.39 Å². The van der Waals surface area contributed by atoms with Crippen molar-refractivity contribution in [1.29, 1.82) is 0 Å². The molecule has 0 radical (unpaired) electrons. The third kappa shape index (κ3) is 3.11. The zero-order valence-corrected chi connectivity index (χ0v) is 9.44. The number of aliphatic hydroxyl groups excluding tert-OH is 1. The summed E-state index contributed by atoms with van der Waals surface area (Å²) in [5.41, 5.74) is 2.54. The van der Waals surface area contributed by atoms with Crippen LogP contribution < -0.4 is 0 Å².